The number of ether oxygens (including phenoxy) is 1. The van der Waals surface area contributed by atoms with E-state index in [4.69, 9.17) is 10.5 Å². The molecule has 1 atom stereocenters. The lowest BCUT2D eigenvalue weighted by molar-refractivity contribution is -0.143. The fourth-order valence-corrected chi connectivity index (χ4v) is 7.15. The first kappa shape index (κ1) is 34.4. The van der Waals surface area contributed by atoms with Gasteiger partial charge in [-0.15, -0.1) is 0 Å². The fraction of sp³-hybridized carbons (Fsp3) is 0.600. The molecule has 12 heteroatoms. The van der Waals surface area contributed by atoms with Gasteiger partial charge < -0.3 is 35.4 Å². The van der Waals surface area contributed by atoms with E-state index in [2.05, 4.69) is 33.2 Å². The maximum absolute atomic E-state index is 13.9. The maximum Gasteiger partial charge on any atom is 0.410 e. The standard InChI is InChI=1S/C35H52N8O4/c1-26-22-27(24-38-33(26)36)23-32(34(45)41-20-18-40(19-21-41)29-9-13-39(3)14-10-29)47-35(46)42-16-11-30(12-17-42)43(25-44)15-8-28-6-4-5-7-31(28)37-2/h4-7,22,24-25,29-30,32,37H,8-21,23H2,1-3H3,(H2,36,38)/t32-/m1/s1. The van der Waals surface area contributed by atoms with E-state index in [1.807, 2.05) is 48.0 Å². The number of nitrogens with zero attached hydrogens (tertiary/aromatic N) is 6. The van der Waals surface area contributed by atoms with Crippen LogP contribution in [0.4, 0.5) is 16.3 Å². The number of piperidine rings is 2. The molecule has 1 aromatic heterocycles. The van der Waals surface area contributed by atoms with E-state index in [0.717, 1.165) is 74.2 Å². The highest BCUT2D eigenvalue weighted by Crippen LogP contribution is 2.22. The Kier molecular flexibility index (Phi) is 11.9. The molecule has 0 radical (unpaired) electrons. The number of piperazine rings is 1. The number of benzene rings is 1. The average Bonchev–Trinajstić information content (AvgIpc) is 3.10. The first-order valence-corrected chi connectivity index (χ1v) is 17.1. The van der Waals surface area contributed by atoms with Crippen LogP contribution in [0.25, 0.3) is 0 Å². The molecule has 1 aromatic carbocycles. The summed E-state index contributed by atoms with van der Waals surface area (Å²) >= 11 is 0. The molecule has 0 saturated carbocycles. The monoisotopic (exact) mass is 648 g/mol. The van der Waals surface area contributed by atoms with Gasteiger partial charge in [0.1, 0.15) is 5.82 Å². The predicted molar refractivity (Wildman–Crippen MR) is 183 cm³/mol. The second-order valence-electron chi connectivity index (χ2n) is 13.2. The average molecular weight is 649 g/mol. The van der Waals surface area contributed by atoms with Crippen molar-refractivity contribution >= 4 is 29.9 Å². The van der Waals surface area contributed by atoms with Crippen molar-refractivity contribution in [3.05, 3.63) is 53.2 Å². The van der Waals surface area contributed by atoms with Crippen LogP contribution >= 0.6 is 0 Å². The van der Waals surface area contributed by atoms with Crippen LogP contribution in [0.3, 0.4) is 0 Å². The van der Waals surface area contributed by atoms with E-state index in [1.54, 1.807) is 11.1 Å². The Bertz CT molecular complexity index is 1350. The van der Waals surface area contributed by atoms with E-state index in [1.165, 1.54) is 0 Å². The van der Waals surface area contributed by atoms with E-state index in [0.29, 0.717) is 57.4 Å². The van der Waals surface area contributed by atoms with Gasteiger partial charge in [0.15, 0.2) is 6.10 Å². The summed E-state index contributed by atoms with van der Waals surface area (Å²) in [6.07, 6.45) is 5.71. The van der Waals surface area contributed by atoms with Crippen molar-refractivity contribution in [2.75, 3.05) is 84.0 Å². The van der Waals surface area contributed by atoms with E-state index in [-0.39, 0.29) is 18.4 Å². The Hall–Kier alpha value is -3.90. The second-order valence-corrected chi connectivity index (χ2v) is 13.2. The number of anilines is 2. The SMILES string of the molecule is CNc1ccccc1CCN(C=O)C1CCN(C(=O)O[C@H](Cc2cnc(N)c(C)c2)C(=O)N2CCN(C3CCN(C)CC3)CC2)CC1. The highest BCUT2D eigenvalue weighted by atomic mass is 16.6. The number of likely N-dealkylation sites (tertiary alicyclic amines) is 2. The molecule has 47 heavy (non-hydrogen) atoms. The molecular formula is C35H52N8O4. The third kappa shape index (κ3) is 8.92. The van der Waals surface area contributed by atoms with Crippen LogP contribution in [-0.4, -0.2) is 139 Å². The number of aryl methyl sites for hydroxylation is 1. The molecule has 3 N–H and O–H groups in total. The lowest BCUT2D eigenvalue weighted by Gasteiger charge is -2.42. The Balaban J connectivity index is 1.17. The molecule has 0 bridgehead atoms. The number of amides is 3. The van der Waals surface area contributed by atoms with Gasteiger partial charge in [-0.3, -0.25) is 14.5 Å². The van der Waals surface area contributed by atoms with Crippen molar-refractivity contribution in [1.82, 2.24) is 29.5 Å². The summed E-state index contributed by atoms with van der Waals surface area (Å²) in [6.45, 7) is 8.48. The number of para-hydroxylation sites is 1. The molecule has 0 aliphatic carbocycles. The number of aromatic nitrogens is 1. The van der Waals surface area contributed by atoms with Crippen LogP contribution in [0.5, 0.6) is 0 Å². The van der Waals surface area contributed by atoms with Crippen molar-refractivity contribution in [3.63, 3.8) is 0 Å². The summed E-state index contributed by atoms with van der Waals surface area (Å²) in [5.74, 6) is 0.275. The maximum atomic E-state index is 13.9. The van der Waals surface area contributed by atoms with Gasteiger partial charge in [0.05, 0.1) is 0 Å². The molecule has 3 aliphatic heterocycles. The predicted octanol–water partition coefficient (Wildman–Crippen LogP) is 2.47. The van der Waals surface area contributed by atoms with Crippen molar-refractivity contribution in [2.24, 2.45) is 0 Å². The summed E-state index contributed by atoms with van der Waals surface area (Å²) in [7, 11) is 4.06. The largest absolute Gasteiger partial charge is 0.436 e. The quantitative estimate of drug-likeness (QED) is 0.354. The Labute approximate surface area is 279 Å². The fourth-order valence-electron chi connectivity index (χ4n) is 7.15. The topological polar surface area (TPSA) is 128 Å². The zero-order valence-electron chi connectivity index (χ0n) is 28.3. The lowest BCUT2D eigenvalue weighted by atomic mass is 10.0. The van der Waals surface area contributed by atoms with Crippen LogP contribution in [0.15, 0.2) is 36.5 Å². The highest BCUT2D eigenvalue weighted by molar-refractivity contribution is 5.84. The molecule has 5 rings (SSSR count). The van der Waals surface area contributed by atoms with Crippen LogP contribution < -0.4 is 11.1 Å². The molecule has 0 unspecified atom stereocenters. The summed E-state index contributed by atoms with van der Waals surface area (Å²) in [5, 5.41) is 3.21. The lowest BCUT2D eigenvalue weighted by Crippen LogP contribution is -2.56. The third-order valence-electron chi connectivity index (χ3n) is 10.2. The third-order valence-corrected chi connectivity index (χ3v) is 10.2. The number of hydrogen-bond donors (Lipinski definition) is 2. The number of carbonyl (C=O) groups excluding carboxylic acids is 3. The molecule has 256 valence electrons. The minimum Gasteiger partial charge on any atom is -0.436 e. The smallest absolute Gasteiger partial charge is 0.410 e. The summed E-state index contributed by atoms with van der Waals surface area (Å²) in [6, 6.07) is 10.6. The van der Waals surface area contributed by atoms with Gasteiger partial charge in [-0.1, -0.05) is 24.3 Å². The van der Waals surface area contributed by atoms with Crippen molar-refractivity contribution in [1.29, 1.82) is 0 Å². The van der Waals surface area contributed by atoms with E-state index in [9.17, 15) is 14.4 Å². The normalized spacial score (nSPS) is 19.3. The number of hydrogen-bond acceptors (Lipinski definition) is 9. The Morgan fingerprint density at radius 3 is 2.40 bits per heavy atom. The van der Waals surface area contributed by atoms with Crippen molar-refractivity contribution in [2.45, 2.75) is 63.6 Å². The number of nitrogens with one attached hydrogen (secondary N) is 1. The number of carbonyl (C=O) groups is 3. The number of pyridine rings is 1. The molecular weight excluding hydrogens is 596 g/mol. The minimum absolute atomic E-state index is 0.0420. The van der Waals surface area contributed by atoms with Gasteiger partial charge in [0, 0.05) is 83.2 Å². The van der Waals surface area contributed by atoms with Crippen molar-refractivity contribution < 1.29 is 19.1 Å². The van der Waals surface area contributed by atoms with Crippen molar-refractivity contribution in [3.8, 4) is 0 Å². The van der Waals surface area contributed by atoms with Crippen LogP contribution in [0, 0.1) is 6.92 Å². The number of nitrogens with two attached hydrogens (primary N) is 1. The van der Waals surface area contributed by atoms with Crippen LogP contribution in [0.1, 0.15) is 42.4 Å². The summed E-state index contributed by atoms with van der Waals surface area (Å²) in [4.78, 5) is 54.0. The Morgan fingerprint density at radius 2 is 1.74 bits per heavy atom. The van der Waals surface area contributed by atoms with E-state index < -0.39 is 12.2 Å². The molecule has 12 nitrogen and oxygen atoms in total. The summed E-state index contributed by atoms with van der Waals surface area (Å²) in [5.41, 5.74) is 9.79. The molecule has 3 amide bonds. The first-order chi connectivity index (χ1) is 22.7. The van der Waals surface area contributed by atoms with Gasteiger partial charge in [-0.25, -0.2) is 9.78 Å². The number of rotatable bonds is 11. The zero-order chi connectivity index (χ0) is 33.3. The van der Waals surface area contributed by atoms with Gasteiger partial charge in [0.25, 0.3) is 5.91 Å². The molecule has 3 saturated heterocycles. The van der Waals surface area contributed by atoms with Gasteiger partial charge >= 0.3 is 6.09 Å². The highest BCUT2D eigenvalue weighted by Gasteiger charge is 2.35. The number of nitrogen functional groups attached to an aromatic ring is 1. The van der Waals surface area contributed by atoms with Gasteiger partial charge in [0.2, 0.25) is 6.41 Å². The molecule has 2 aromatic rings. The van der Waals surface area contributed by atoms with Gasteiger partial charge in [-0.05, 0) is 81.9 Å². The second kappa shape index (κ2) is 16.3. The van der Waals surface area contributed by atoms with Crippen LogP contribution in [-0.2, 0) is 27.2 Å². The molecule has 4 heterocycles. The zero-order valence-corrected chi connectivity index (χ0v) is 28.3. The summed E-state index contributed by atoms with van der Waals surface area (Å²) < 4.78 is 6.01. The first-order valence-electron chi connectivity index (χ1n) is 17.1. The Morgan fingerprint density at radius 1 is 1.04 bits per heavy atom. The minimum atomic E-state index is -0.960. The molecule has 3 aliphatic rings. The van der Waals surface area contributed by atoms with Gasteiger partial charge in [-0.2, -0.15) is 0 Å². The van der Waals surface area contributed by atoms with E-state index >= 15 is 0 Å². The molecule has 0 spiro atoms. The van der Waals surface area contributed by atoms with Crippen LogP contribution in [0.2, 0.25) is 0 Å². The molecule has 3 fully saturated rings.